The molecule has 1 saturated heterocycles. The summed E-state index contributed by atoms with van der Waals surface area (Å²) in [6.45, 7) is 13.1. The van der Waals surface area contributed by atoms with Crippen molar-refractivity contribution >= 4 is 11.8 Å². The smallest absolute Gasteiger partial charge is 0.245 e. The Kier molecular flexibility index (Phi) is 6.24. The lowest BCUT2D eigenvalue weighted by molar-refractivity contribution is -0.138. The topological polar surface area (TPSA) is 49.4 Å². The first-order chi connectivity index (χ1) is 9.62. The highest BCUT2D eigenvalue weighted by atomic mass is 16.2. The zero-order valence-corrected chi connectivity index (χ0v) is 14.5. The Balaban J connectivity index is 2.75. The summed E-state index contributed by atoms with van der Waals surface area (Å²) >= 11 is 0. The molecule has 2 amide bonds. The van der Waals surface area contributed by atoms with Crippen molar-refractivity contribution in [2.75, 3.05) is 6.54 Å². The van der Waals surface area contributed by atoms with Gasteiger partial charge in [-0.1, -0.05) is 47.5 Å². The van der Waals surface area contributed by atoms with Crippen molar-refractivity contribution in [3.63, 3.8) is 0 Å². The molecule has 1 rings (SSSR count). The number of amides is 2. The molecule has 0 radical (unpaired) electrons. The maximum atomic E-state index is 12.8. The summed E-state index contributed by atoms with van der Waals surface area (Å²) in [6.07, 6.45) is 3.73. The summed E-state index contributed by atoms with van der Waals surface area (Å²) in [5, 5.41) is 2.90. The second kappa shape index (κ2) is 7.28. The normalized spacial score (nSPS) is 22.2. The van der Waals surface area contributed by atoms with E-state index in [1.165, 1.54) is 6.42 Å². The molecule has 0 aliphatic carbocycles. The maximum Gasteiger partial charge on any atom is 0.245 e. The van der Waals surface area contributed by atoms with Gasteiger partial charge in [-0.15, -0.1) is 0 Å². The van der Waals surface area contributed by atoms with Crippen molar-refractivity contribution in [1.29, 1.82) is 0 Å². The number of carbonyl (C=O) groups is 2. The summed E-state index contributed by atoms with van der Waals surface area (Å²) < 4.78 is 0. The van der Waals surface area contributed by atoms with Gasteiger partial charge in [-0.25, -0.2) is 0 Å². The van der Waals surface area contributed by atoms with Crippen molar-refractivity contribution in [2.24, 2.45) is 11.3 Å². The molecule has 1 heterocycles. The fourth-order valence-electron chi connectivity index (χ4n) is 2.79. The van der Waals surface area contributed by atoms with Gasteiger partial charge in [0.05, 0.1) is 0 Å². The molecular formula is C17H32N2O2. The minimum absolute atomic E-state index is 0.0137. The molecule has 1 aliphatic heterocycles. The van der Waals surface area contributed by atoms with Crippen molar-refractivity contribution in [3.8, 4) is 0 Å². The molecule has 122 valence electrons. The van der Waals surface area contributed by atoms with Crippen LogP contribution in [0.15, 0.2) is 0 Å². The van der Waals surface area contributed by atoms with E-state index in [1.807, 2.05) is 25.7 Å². The van der Waals surface area contributed by atoms with Gasteiger partial charge in [-0.2, -0.15) is 0 Å². The minimum atomic E-state index is -0.417. The summed E-state index contributed by atoms with van der Waals surface area (Å²) in [4.78, 5) is 26.6. The van der Waals surface area contributed by atoms with Crippen molar-refractivity contribution in [3.05, 3.63) is 0 Å². The monoisotopic (exact) mass is 296 g/mol. The predicted molar refractivity (Wildman–Crippen MR) is 85.9 cm³/mol. The van der Waals surface area contributed by atoms with Gasteiger partial charge in [-0.3, -0.25) is 9.59 Å². The van der Waals surface area contributed by atoms with Crippen LogP contribution in [0.2, 0.25) is 0 Å². The van der Waals surface area contributed by atoms with E-state index < -0.39 is 6.04 Å². The van der Waals surface area contributed by atoms with Crippen LogP contribution in [0.25, 0.3) is 0 Å². The molecule has 1 fully saturated rings. The van der Waals surface area contributed by atoms with E-state index in [0.29, 0.717) is 18.9 Å². The van der Waals surface area contributed by atoms with Gasteiger partial charge in [0.25, 0.3) is 0 Å². The van der Waals surface area contributed by atoms with Gasteiger partial charge in [0, 0.05) is 19.0 Å². The fourth-order valence-corrected chi connectivity index (χ4v) is 2.79. The van der Waals surface area contributed by atoms with Crippen LogP contribution in [0, 0.1) is 11.3 Å². The fraction of sp³-hybridized carbons (Fsp3) is 0.882. The molecule has 0 aromatic rings. The molecule has 21 heavy (non-hydrogen) atoms. The third-order valence-corrected chi connectivity index (χ3v) is 4.22. The van der Waals surface area contributed by atoms with Gasteiger partial charge < -0.3 is 10.2 Å². The largest absolute Gasteiger partial charge is 0.344 e. The van der Waals surface area contributed by atoms with E-state index in [1.54, 1.807) is 0 Å². The lowest BCUT2D eigenvalue weighted by Gasteiger charge is -2.35. The SMILES string of the molecule is CC(C)CCCC(C)N1CCC(=O)NC(C(C)(C)C)C1=O. The van der Waals surface area contributed by atoms with Crippen molar-refractivity contribution in [1.82, 2.24) is 10.2 Å². The van der Waals surface area contributed by atoms with E-state index in [9.17, 15) is 9.59 Å². The molecule has 1 aliphatic rings. The van der Waals surface area contributed by atoms with Crippen LogP contribution in [0.1, 0.15) is 67.2 Å². The molecule has 0 aromatic heterocycles. The van der Waals surface area contributed by atoms with E-state index in [-0.39, 0.29) is 23.3 Å². The van der Waals surface area contributed by atoms with Crippen LogP contribution in [-0.2, 0) is 9.59 Å². The van der Waals surface area contributed by atoms with Gasteiger partial charge in [0.15, 0.2) is 0 Å². The minimum Gasteiger partial charge on any atom is -0.344 e. The average Bonchev–Trinajstić information content (AvgIpc) is 2.48. The van der Waals surface area contributed by atoms with Crippen LogP contribution in [0.4, 0.5) is 0 Å². The second-order valence-corrected chi connectivity index (χ2v) is 7.82. The zero-order chi connectivity index (χ0) is 16.2. The van der Waals surface area contributed by atoms with Gasteiger partial charge in [-0.05, 0) is 24.7 Å². The van der Waals surface area contributed by atoms with Crippen molar-refractivity contribution < 1.29 is 9.59 Å². The quantitative estimate of drug-likeness (QED) is 0.848. The maximum absolute atomic E-state index is 12.8. The molecule has 2 unspecified atom stereocenters. The van der Waals surface area contributed by atoms with Crippen LogP contribution in [-0.4, -0.2) is 35.3 Å². The highest BCUT2D eigenvalue weighted by Gasteiger charge is 2.39. The Morgan fingerprint density at radius 2 is 1.81 bits per heavy atom. The summed E-state index contributed by atoms with van der Waals surface area (Å²) in [6, 6.07) is -0.214. The molecule has 0 saturated carbocycles. The lowest BCUT2D eigenvalue weighted by Crippen LogP contribution is -2.53. The van der Waals surface area contributed by atoms with E-state index in [4.69, 9.17) is 0 Å². The van der Waals surface area contributed by atoms with Crippen LogP contribution >= 0.6 is 0 Å². The third kappa shape index (κ3) is 5.33. The first-order valence-electron chi connectivity index (χ1n) is 8.22. The first kappa shape index (κ1) is 18.0. The summed E-state index contributed by atoms with van der Waals surface area (Å²) in [5.41, 5.74) is -0.257. The molecule has 0 bridgehead atoms. The second-order valence-electron chi connectivity index (χ2n) is 7.82. The average molecular weight is 296 g/mol. The standard InChI is InChI=1S/C17H32N2O2/c1-12(2)8-7-9-13(3)19-11-10-14(20)18-15(16(19)21)17(4,5)6/h12-13,15H,7-11H2,1-6H3,(H,18,20). The molecule has 2 atom stereocenters. The summed E-state index contributed by atoms with van der Waals surface area (Å²) in [7, 11) is 0. The highest BCUT2D eigenvalue weighted by molar-refractivity contribution is 5.90. The van der Waals surface area contributed by atoms with Gasteiger partial charge in [0.1, 0.15) is 6.04 Å². The van der Waals surface area contributed by atoms with E-state index in [0.717, 1.165) is 12.8 Å². The number of nitrogens with zero attached hydrogens (tertiary/aromatic N) is 1. The van der Waals surface area contributed by atoms with Crippen molar-refractivity contribution in [2.45, 2.75) is 79.3 Å². The Bertz CT molecular complexity index is 371. The lowest BCUT2D eigenvalue weighted by atomic mass is 9.85. The number of nitrogens with one attached hydrogen (secondary N) is 1. The van der Waals surface area contributed by atoms with Gasteiger partial charge in [0.2, 0.25) is 11.8 Å². The Labute approximate surface area is 129 Å². The molecule has 4 heteroatoms. The number of hydrogen-bond donors (Lipinski definition) is 1. The third-order valence-electron chi connectivity index (χ3n) is 4.22. The zero-order valence-electron chi connectivity index (χ0n) is 14.5. The Morgan fingerprint density at radius 1 is 1.19 bits per heavy atom. The predicted octanol–water partition coefficient (Wildman–Crippen LogP) is 2.96. The van der Waals surface area contributed by atoms with E-state index >= 15 is 0 Å². The first-order valence-corrected chi connectivity index (χ1v) is 8.22. The van der Waals surface area contributed by atoms with E-state index in [2.05, 4.69) is 26.1 Å². The Morgan fingerprint density at radius 3 is 2.33 bits per heavy atom. The molecule has 4 nitrogen and oxygen atoms in total. The number of carbonyl (C=O) groups excluding carboxylic acids is 2. The number of rotatable bonds is 5. The number of hydrogen-bond acceptors (Lipinski definition) is 2. The summed E-state index contributed by atoms with van der Waals surface area (Å²) in [5.74, 6) is 0.758. The van der Waals surface area contributed by atoms with Crippen LogP contribution in [0.3, 0.4) is 0 Å². The molecule has 0 spiro atoms. The Hall–Kier alpha value is -1.06. The van der Waals surface area contributed by atoms with Crippen LogP contribution < -0.4 is 5.32 Å². The van der Waals surface area contributed by atoms with Crippen LogP contribution in [0.5, 0.6) is 0 Å². The molecular weight excluding hydrogens is 264 g/mol. The molecule has 0 aromatic carbocycles. The highest BCUT2D eigenvalue weighted by Crippen LogP contribution is 2.25. The van der Waals surface area contributed by atoms with Gasteiger partial charge >= 0.3 is 0 Å². The molecule has 1 N–H and O–H groups in total.